The van der Waals surface area contributed by atoms with E-state index in [1.54, 1.807) is 12.1 Å². The van der Waals surface area contributed by atoms with E-state index in [1.807, 2.05) is 12.3 Å². The molecule has 7 heteroatoms. The first-order valence-electron chi connectivity index (χ1n) is 6.92. The number of carbonyl (C=O) groups excluding carboxylic acids is 1. The molecule has 3 rings (SSSR count). The van der Waals surface area contributed by atoms with Crippen molar-refractivity contribution in [2.24, 2.45) is 0 Å². The first-order valence-corrected chi connectivity index (χ1v) is 8.17. The highest BCUT2D eigenvalue weighted by molar-refractivity contribution is 7.13. The third-order valence-electron chi connectivity index (χ3n) is 3.09. The molecule has 0 saturated carbocycles. The predicted octanol–water partition coefficient (Wildman–Crippen LogP) is 3.45. The molecular formula is C15H15ClN2O3S. The average Bonchev–Trinajstić information content (AvgIpc) is 2.72. The number of aryl methyl sites for hydroxylation is 1. The number of halogens is 1. The maximum atomic E-state index is 12.1. The summed E-state index contributed by atoms with van der Waals surface area (Å²) in [7, 11) is 0. The maximum Gasteiger partial charge on any atom is 0.230 e. The number of nitrogens with zero attached hydrogens (tertiary/aromatic N) is 1. The number of amides is 1. The monoisotopic (exact) mass is 338 g/mol. The molecule has 0 saturated heterocycles. The van der Waals surface area contributed by atoms with Crippen molar-refractivity contribution in [1.29, 1.82) is 0 Å². The van der Waals surface area contributed by atoms with Crippen molar-refractivity contribution in [3.8, 4) is 11.5 Å². The number of ether oxygens (including phenoxy) is 2. The van der Waals surface area contributed by atoms with Crippen LogP contribution in [0.1, 0.15) is 17.7 Å². The summed E-state index contributed by atoms with van der Waals surface area (Å²) in [5, 5.41) is 5.73. The maximum absolute atomic E-state index is 12.1. The molecule has 0 fully saturated rings. The number of thiazole rings is 1. The number of aromatic nitrogens is 1. The van der Waals surface area contributed by atoms with Crippen LogP contribution in [0.25, 0.3) is 0 Å². The fourth-order valence-corrected chi connectivity index (χ4v) is 3.14. The Morgan fingerprint density at radius 2 is 2.23 bits per heavy atom. The topological polar surface area (TPSA) is 60.5 Å². The van der Waals surface area contributed by atoms with Gasteiger partial charge in [-0.05, 0) is 24.6 Å². The SMILES string of the molecule is Cc1csc(NC(=O)Cc2cc(Cl)c3c(c2)OCCCO3)n1. The van der Waals surface area contributed by atoms with Gasteiger partial charge in [0.1, 0.15) is 0 Å². The van der Waals surface area contributed by atoms with Crippen LogP contribution in [0.3, 0.4) is 0 Å². The molecule has 0 aliphatic carbocycles. The molecule has 0 bridgehead atoms. The summed E-state index contributed by atoms with van der Waals surface area (Å²) in [5.41, 5.74) is 1.67. The zero-order valence-electron chi connectivity index (χ0n) is 12.0. The average molecular weight is 339 g/mol. The van der Waals surface area contributed by atoms with Crippen molar-refractivity contribution < 1.29 is 14.3 Å². The van der Waals surface area contributed by atoms with Gasteiger partial charge in [-0.1, -0.05) is 11.6 Å². The van der Waals surface area contributed by atoms with Crippen molar-refractivity contribution in [1.82, 2.24) is 4.98 Å². The molecule has 5 nitrogen and oxygen atoms in total. The van der Waals surface area contributed by atoms with Gasteiger partial charge in [0.25, 0.3) is 0 Å². The van der Waals surface area contributed by atoms with Crippen LogP contribution in [0.5, 0.6) is 11.5 Å². The molecule has 0 spiro atoms. The predicted molar refractivity (Wildman–Crippen MR) is 86.2 cm³/mol. The number of rotatable bonds is 3. The lowest BCUT2D eigenvalue weighted by molar-refractivity contribution is -0.115. The molecule has 0 radical (unpaired) electrons. The van der Waals surface area contributed by atoms with E-state index in [1.165, 1.54) is 11.3 Å². The second-order valence-corrected chi connectivity index (χ2v) is 6.24. The Morgan fingerprint density at radius 3 is 3.00 bits per heavy atom. The molecule has 1 aromatic heterocycles. The lowest BCUT2D eigenvalue weighted by Crippen LogP contribution is -2.14. The van der Waals surface area contributed by atoms with E-state index in [9.17, 15) is 4.79 Å². The molecule has 1 aliphatic heterocycles. The minimum absolute atomic E-state index is 0.139. The molecule has 1 N–H and O–H groups in total. The Balaban J connectivity index is 1.73. The molecule has 2 aromatic rings. The first kappa shape index (κ1) is 15.1. The van der Waals surface area contributed by atoms with E-state index in [4.69, 9.17) is 21.1 Å². The van der Waals surface area contributed by atoms with E-state index in [0.717, 1.165) is 17.7 Å². The van der Waals surface area contributed by atoms with Crippen LogP contribution in [-0.2, 0) is 11.2 Å². The van der Waals surface area contributed by atoms with Gasteiger partial charge in [0, 0.05) is 11.8 Å². The van der Waals surface area contributed by atoms with Gasteiger partial charge in [-0.2, -0.15) is 0 Å². The zero-order chi connectivity index (χ0) is 15.5. The van der Waals surface area contributed by atoms with Gasteiger partial charge in [0.05, 0.1) is 30.4 Å². The van der Waals surface area contributed by atoms with Crippen LogP contribution in [-0.4, -0.2) is 24.1 Å². The largest absolute Gasteiger partial charge is 0.489 e. The fourth-order valence-electron chi connectivity index (χ4n) is 2.15. The normalized spacial score (nSPS) is 13.5. The quantitative estimate of drug-likeness (QED) is 0.931. The Labute approximate surface area is 137 Å². The van der Waals surface area contributed by atoms with E-state index in [-0.39, 0.29) is 12.3 Å². The lowest BCUT2D eigenvalue weighted by atomic mass is 10.1. The molecule has 0 unspecified atom stereocenters. The zero-order valence-corrected chi connectivity index (χ0v) is 13.6. The minimum atomic E-state index is -0.139. The van der Waals surface area contributed by atoms with Gasteiger partial charge < -0.3 is 14.8 Å². The number of hydrogen-bond acceptors (Lipinski definition) is 5. The molecule has 0 atom stereocenters. The van der Waals surface area contributed by atoms with E-state index < -0.39 is 0 Å². The van der Waals surface area contributed by atoms with Gasteiger partial charge in [-0.25, -0.2) is 4.98 Å². The highest BCUT2D eigenvalue weighted by Gasteiger charge is 2.17. The number of fused-ring (bicyclic) bond motifs is 1. The molecule has 1 aromatic carbocycles. The van der Waals surface area contributed by atoms with Crippen LogP contribution in [0.4, 0.5) is 5.13 Å². The summed E-state index contributed by atoms with van der Waals surface area (Å²) in [6.45, 7) is 3.04. The molecule has 2 heterocycles. The number of benzene rings is 1. The number of anilines is 1. The first-order chi connectivity index (χ1) is 10.6. The van der Waals surface area contributed by atoms with E-state index in [0.29, 0.717) is 34.9 Å². The second kappa shape index (κ2) is 6.54. The Morgan fingerprint density at radius 1 is 1.41 bits per heavy atom. The van der Waals surface area contributed by atoms with Crippen LogP contribution < -0.4 is 14.8 Å². The summed E-state index contributed by atoms with van der Waals surface area (Å²) in [4.78, 5) is 16.3. The van der Waals surface area contributed by atoms with Crippen LogP contribution in [0.2, 0.25) is 5.02 Å². The highest BCUT2D eigenvalue weighted by atomic mass is 35.5. The summed E-state index contributed by atoms with van der Waals surface area (Å²) < 4.78 is 11.2. The minimum Gasteiger partial charge on any atom is -0.489 e. The second-order valence-electron chi connectivity index (χ2n) is 4.97. The van der Waals surface area contributed by atoms with Gasteiger partial charge in [-0.3, -0.25) is 4.79 Å². The third kappa shape index (κ3) is 3.51. The Bertz CT molecular complexity index is 702. The van der Waals surface area contributed by atoms with Crippen LogP contribution >= 0.6 is 22.9 Å². The van der Waals surface area contributed by atoms with Crippen LogP contribution in [0, 0.1) is 6.92 Å². The summed E-state index contributed by atoms with van der Waals surface area (Å²) >= 11 is 7.62. The molecule has 1 amide bonds. The van der Waals surface area contributed by atoms with Crippen molar-refractivity contribution in [2.45, 2.75) is 19.8 Å². The van der Waals surface area contributed by atoms with Crippen LogP contribution in [0.15, 0.2) is 17.5 Å². The van der Waals surface area contributed by atoms with E-state index >= 15 is 0 Å². The van der Waals surface area contributed by atoms with Crippen molar-refractivity contribution in [2.75, 3.05) is 18.5 Å². The summed E-state index contributed by atoms with van der Waals surface area (Å²) in [5.74, 6) is 1.01. The standard InChI is InChI=1S/C15H15ClN2O3S/c1-9-8-22-15(17-9)18-13(19)7-10-5-11(16)14-12(6-10)20-3-2-4-21-14/h5-6,8H,2-4,7H2,1H3,(H,17,18,19). The highest BCUT2D eigenvalue weighted by Crippen LogP contribution is 2.38. The smallest absolute Gasteiger partial charge is 0.230 e. The molecule has 22 heavy (non-hydrogen) atoms. The van der Waals surface area contributed by atoms with Crippen molar-refractivity contribution in [3.63, 3.8) is 0 Å². The Kier molecular flexibility index (Phi) is 4.49. The molecular weight excluding hydrogens is 324 g/mol. The number of carbonyl (C=O) groups is 1. The summed E-state index contributed by atoms with van der Waals surface area (Å²) in [6, 6.07) is 3.54. The van der Waals surface area contributed by atoms with Crippen molar-refractivity contribution >= 4 is 34.0 Å². The van der Waals surface area contributed by atoms with Gasteiger partial charge >= 0.3 is 0 Å². The molecule has 1 aliphatic rings. The van der Waals surface area contributed by atoms with Crippen molar-refractivity contribution in [3.05, 3.63) is 33.8 Å². The van der Waals surface area contributed by atoms with Gasteiger partial charge in [0.15, 0.2) is 16.6 Å². The third-order valence-corrected chi connectivity index (χ3v) is 4.25. The van der Waals surface area contributed by atoms with Gasteiger partial charge in [-0.15, -0.1) is 11.3 Å². The summed E-state index contributed by atoms with van der Waals surface area (Å²) in [6.07, 6.45) is 1.01. The number of nitrogens with one attached hydrogen (secondary N) is 1. The van der Waals surface area contributed by atoms with Gasteiger partial charge in [0.2, 0.25) is 5.91 Å². The molecule has 116 valence electrons. The fraction of sp³-hybridized carbons (Fsp3) is 0.333. The number of hydrogen-bond donors (Lipinski definition) is 1. The van der Waals surface area contributed by atoms with E-state index in [2.05, 4.69) is 10.3 Å². The lowest BCUT2D eigenvalue weighted by Gasteiger charge is -2.11. The Hall–Kier alpha value is -1.79.